The second kappa shape index (κ2) is 5.21. The van der Waals surface area contributed by atoms with Crippen molar-refractivity contribution in [2.45, 2.75) is 0 Å². The summed E-state index contributed by atoms with van der Waals surface area (Å²) in [7, 11) is 1.57. The summed E-state index contributed by atoms with van der Waals surface area (Å²) in [4.78, 5) is 11.4. The lowest BCUT2D eigenvalue weighted by atomic mass is 10.2. The molecule has 0 spiro atoms. The lowest BCUT2D eigenvalue weighted by molar-refractivity contribution is 0.0692. The fourth-order valence-electron chi connectivity index (χ4n) is 2.18. The van der Waals surface area contributed by atoms with Crippen molar-refractivity contribution in [2.75, 3.05) is 7.11 Å². The lowest BCUT2D eigenvalue weighted by Gasteiger charge is -2.05. The van der Waals surface area contributed by atoms with Crippen molar-refractivity contribution in [3.05, 3.63) is 52.6 Å². The summed E-state index contributed by atoms with van der Waals surface area (Å²) in [6, 6.07) is 12.7. The minimum atomic E-state index is -1.06. The second-order valence-electron chi connectivity index (χ2n) is 4.43. The number of aromatic carboxylic acids is 1. The predicted molar refractivity (Wildman–Crippen MR) is 82.3 cm³/mol. The lowest BCUT2D eigenvalue weighted by Crippen LogP contribution is -2.01. The molecule has 0 bridgehead atoms. The first-order valence-electron chi connectivity index (χ1n) is 6.16. The Hall–Kier alpha value is -2.34. The Morgan fingerprint density at radius 1 is 1.29 bits per heavy atom. The zero-order valence-electron chi connectivity index (χ0n) is 11.1. The standard InChI is InChI=1S/C15H11BrN2O3/c1-21-11-5-6-12-13(8-11)18(17-14(12)15(19)20)10-4-2-3-9(16)7-10/h2-8H,1H3,(H,19,20). The number of hydrogen-bond donors (Lipinski definition) is 1. The highest BCUT2D eigenvalue weighted by Gasteiger charge is 2.17. The number of fused-ring (bicyclic) bond motifs is 1. The first kappa shape index (κ1) is 13.6. The second-order valence-corrected chi connectivity index (χ2v) is 5.34. The number of halogens is 1. The number of nitrogens with zero attached hydrogens (tertiary/aromatic N) is 2. The van der Waals surface area contributed by atoms with Crippen molar-refractivity contribution >= 4 is 32.8 Å². The molecule has 3 aromatic rings. The van der Waals surface area contributed by atoms with E-state index in [1.165, 1.54) is 0 Å². The van der Waals surface area contributed by atoms with Crippen LogP contribution in [0.3, 0.4) is 0 Å². The van der Waals surface area contributed by atoms with Crippen LogP contribution in [0.1, 0.15) is 10.5 Å². The predicted octanol–water partition coefficient (Wildman–Crippen LogP) is 3.49. The number of ether oxygens (including phenoxy) is 1. The van der Waals surface area contributed by atoms with Gasteiger partial charge in [0.2, 0.25) is 0 Å². The molecule has 0 aliphatic rings. The van der Waals surface area contributed by atoms with E-state index in [4.69, 9.17) is 4.74 Å². The minimum absolute atomic E-state index is 0.0210. The fourth-order valence-corrected chi connectivity index (χ4v) is 2.57. The molecule has 0 radical (unpaired) electrons. The van der Waals surface area contributed by atoms with Crippen LogP contribution in [-0.4, -0.2) is 28.0 Å². The fraction of sp³-hybridized carbons (Fsp3) is 0.0667. The van der Waals surface area contributed by atoms with Crippen LogP contribution >= 0.6 is 15.9 Å². The van der Waals surface area contributed by atoms with E-state index >= 15 is 0 Å². The smallest absolute Gasteiger partial charge is 0.357 e. The number of hydrogen-bond acceptors (Lipinski definition) is 3. The molecule has 106 valence electrons. The van der Waals surface area contributed by atoms with E-state index < -0.39 is 5.97 Å². The molecule has 0 aliphatic carbocycles. The maximum absolute atomic E-state index is 11.4. The van der Waals surface area contributed by atoms with E-state index in [9.17, 15) is 9.90 Å². The van der Waals surface area contributed by atoms with Gasteiger partial charge >= 0.3 is 5.97 Å². The SMILES string of the molecule is COc1ccc2c(C(=O)O)nn(-c3cccc(Br)c3)c2c1. The van der Waals surface area contributed by atoms with Crippen LogP contribution in [0.5, 0.6) is 5.75 Å². The Kier molecular flexibility index (Phi) is 3.39. The summed E-state index contributed by atoms with van der Waals surface area (Å²) in [6.45, 7) is 0. The highest BCUT2D eigenvalue weighted by atomic mass is 79.9. The topological polar surface area (TPSA) is 64.3 Å². The summed E-state index contributed by atoms with van der Waals surface area (Å²) in [6.07, 6.45) is 0. The van der Waals surface area contributed by atoms with Crippen LogP contribution in [0.4, 0.5) is 0 Å². The molecule has 0 aliphatic heterocycles. The van der Waals surface area contributed by atoms with Crippen LogP contribution < -0.4 is 4.74 Å². The number of carbonyl (C=O) groups is 1. The molecule has 0 fully saturated rings. The molecule has 0 atom stereocenters. The maximum Gasteiger partial charge on any atom is 0.357 e. The number of carboxylic acid groups (broad SMARTS) is 1. The number of carboxylic acids is 1. The first-order valence-corrected chi connectivity index (χ1v) is 6.95. The van der Waals surface area contributed by atoms with Crippen molar-refractivity contribution < 1.29 is 14.6 Å². The summed E-state index contributed by atoms with van der Waals surface area (Å²) >= 11 is 3.41. The monoisotopic (exact) mass is 346 g/mol. The van der Waals surface area contributed by atoms with Gasteiger partial charge in [-0.3, -0.25) is 0 Å². The Morgan fingerprint density at radius 2 is 2.10 bits per heavy atom. The van der Waals surface area contributed by atoms with Crippen LogP contribution in [0.25, 0.3) is 16.6 Å². The number of aromatic nitrogens is 2. The number of methoxy groups -OCH3 is 1. The van der Waals surface area contributed by atoms with Crippen LogP contribution in [-0.2, 0) is 0 Å². The van der Waals surface area contributed by atoms with Crippen LogP contribution in [0.2, 0.25) is 0 Å². The van der Waals surface area contributed by atoms with Crippen LogP contribution in [0, 0.1) is 0 Å². The highest BCUT2D eigenvalue weighted by molar-refractivity contribution is 9.10. The summed E-state index contributed by atoms with van der Waals surface area (Å²) in [5, 5.41) is 14.1. The molecular formula is C15H11BrN2O3. The maximum atomic E-state index is 11.4. The van der Waals surface area contributed by atoms with Crippen molar-refractivity contribution in [2.24, 2.45) is 0 Å². The highest BCUT2D eigenvalue weighted by Crippen LogP contribution is 2.27. The van der Waals surface area contributed by atoms with Gasteiger partial charge in [0.05, 0.1) is 18.3 Å². The van der Waals surface area contributed by atoms with E-state index in [1.807, 2.05) is 24.3 Å². The summed E-state index contributed by atoms with van der Waals surface area (Å²) < 4.78 is 7.70. The van der Waals surface area contributed by atoms with E-state index in [1.54, 1.807) is 30.0 Å². The molecule has 0 unspecified atom stereocenters. The summed E-state index contributed by atoms with van der Waals surface area (Å²) in [5.74, 6) is -0.408. The van der Waals surface area contributed by atoms with Gasteiger partial charge in [0.25, 0.3) is 0 Å². The zero-order chi connectivity index (χ0) is 15.0. The van der Waals surface area contributed by atoms with Gasteiger partial charge in [0, 0.05) is 15.9 Å². The Labute approximate surface area is 128 Å². The van der Waals surface area contributed by atoms with E-state index in [-0.39, 0.29) is 5.69 Å². The van der Waals surface area contributed by atoms with Crippen molar-refractivity contribution in [1.29, 1.82) is 0 Å². The zero-order valence-corrected chi connectivity index (χ0v) is 12.7. The quantitative estimate of drug-likeness (QED) is 0.788. The van der Waals surface area contributed by atoms with Crippen LogP contribution in [0.15, 0.2) is 46.9 Å². The molecule has 6 heteroatoms. The molecule has 0 saturated carbocycles. The van der Waals surface area contributed by atoms with Crippen molar-refractivity contribution in [1.82, 2.24) is 9.78 Å². The van der Waals surface area contributed by atoms with E-state index in [0.717, 1.165) is 10.2 Å². The third-order valence-electron chi connectivity index (χ3n) is 3.14. The molecule has 5 nitrogen and oxygen atoms in total. The third-order valence-corrected chi connectivity index (χ3v) is 3.64. The van der Waals surface area contributed by atoms with Gasteiger partial charge in [-0.2, -0.15) is 5.10 Å². The van der Waals surface area contributed by atoms with Gasteiger partial charge in [0.15, 0.2) is 5.69 Å². The molecular weight excluding hydrogens is 336 g/mol. The molecule has 3 rings (SSSR count). The van der Waals surface area contributed by atoms with Gasteiger partial charge in [-0.1, -0.05) is 22.0 Å². The molecule has 21 heavy (non-hydrogen) atoms. The first-order chi connectivity index (χ1) is 10.1. The average Bonchev–Trinajstić information content (AvgIpc) is 2.86. The minimum Gasteiger partial charge on any atom is -0.497 e. The number of rotatable bonds is 3. The van der Waals surface area contributed by atoms with Gasteiger partial charge in [-0.15, -0.1) is 0 Å². The van der Waals surface area contributed by atoms with Gasteiger partial charge in [0.1, 0.15) is 5.75 Å². The Bertz CT molecular complexity index is 842. The summed E-state index contributed by atoms with van der Waals surface area (Å²) in [5.41, 5.74) is 1.48. The largest absolute Gasteiger partial charge is 0.497 e. The van der Waals surface area contributed by atoms with Gasteiger partial charge < -0.3 is 9.84 Å². The van der Waals surface area contributed by atoms with E-state index in [0.29, 0.717) is 16.7 Å². The third kappa shape index (κ3) is 2.38. The van der Waals surface area contributed by atoms with E-state index in [2.05, 4.69) is 21.0 Å². The normalized spacial score (nSPS) is 10.8. The molecule has 0 amide bonds. The average molecular weight is 347 g/mol. The molecule has 2 aromatic carbocycles. The molecule has 1 N–H and O–H groups in total. The van der Waals surface area contributed by atoms with Gasteiger partial charge in [-0.25, -0.2) is 9.48 Å². The number of benzene rings is 2. The van der Waals surface area contributed by atoms with Crippen molar-refractivity contribution in [3.63, 3.8) is 0 Å². The molecule has 1 heterocycles. The van der Waals surface area contributed by atoms with Gasteiger partial charge in [-0.05, 0) is 30.3 Å². The molecule has 0 saturated heterocycles. The molecule has 1 aromatic heterocycles. The Balaban J connectivity index is 2.33. The Morgan fingerprint density at radius 3 is 2.76 bits per heavy atom. The van der Waals surface area contributed by atoms with Crippen molar-refractivity contribution in [3.8, 4) is 11.4 Å².